The SMILES string of the molecule is CC(=O)NC12CCC(NC(=O)c3cc(Cl)cc(Cl)c3O)(CC1)C2. The van der Waals surface area contributed by atoms with Gasteiger partial charge in [0.2, 0.25) is 5.91 Å². The minimum atomic E-state index is -0.396. The van der Waals surface area contributed by atoms with Crippen LogP contribution in [-0.4, -0.2) is 28.0 Å². The topological polar surface area (TPSA) is 78.4 Å². The van der Waals surface area contributed by atoms with Crippen LogP contribution in [0, 0.1) is 0 Å². The first-order chi connectivity index (χ1) is 10.7. The van der Waals surface area contributed by atoms with Gasteiger partial charge in [0.1, 0.15) is 5.75 Å². The molecule has 1 aromatic carbocycles. The molecule has 3 N–H and O–H groups in total. The molecule has 2 aliphatic rings. The zero-order valence-electron chi connectivity index (χ0n) is 12.7. The number of amides is 2. The fraction of sp³-hybridized carbons (Fsp3) is 0.500. The largest absolute Gasteiger partial charge is 0.506 e. The molecule has 2 bridgehead atoms. The smallest absolute Gasteiger partial charge is 0.255 e. The van der Waals surface area contributed by atoms with E-state index in [1.54, 1.807) is 0 Å². The van der Waals surface area contributed by atoms with Crippen molar-refractivity contribution in [1.82, 2.24) is 10.6 Å². The lowest BCUT2D eigenvalue weighted by atomic mass is 9.91. The Balaban J connectivity index is 1.79. The molecule has 0 radical (unpaired) electrons. The van der Waals surface area contributed by atoms with Crippen molar-refractivity contribution >= 4 is 35.0 Å². The van der Waals surface area contributed by atoms with Gasteiger partial charge >= 0.3 is 0 Å². The summed E-state index contributed by atoms with van der Waals surface area (Å²) in [5.74, 6) is -0.713. The fourth-order valence-electron chi connectivity index (χ4n) is 3.97. The summed E-state index contributed by atoms with van der Waals surface area (Å²) in [5.41, 5.74) is -0.491. The molecule has 0 aliphatic heterocycles. The van der Waals surface area contributed by atoms with Crippen LogP contribution < -0.4 is 10.6 Å². The molecule has 1 aromatic rings. The highest BCUT2D eigenvalue weighted by molar-refractivity contribution is 6.36. The number of hydrogen-bond donors (Lipinski definition) is 3. The highest BCUT2D eigenvalue weighted by atomic mass is 35.5. The maximum Gasteiger partial charge on any atom is 0.255 e. The molecule has 124 valence electrons. The van der Waals surface area contributed by atoms with Gasteiger partial charge in [-0.25, -0.2) is 0 Å². The highest BCUT2D eigenvalue weighted by Crippen LogP contribution is 2.50. The number of benzene rings is 1. The van der Waals surface area contributed by atoms with Crippen molar-refractivity contribution in [2.75, 3.05) is 0 Å². The summed E-state index contributed by atoms with van der Waals surface area (Å²) in [5, 5.41) is 16.4. The molecule has 5 nitrogen and oxygen atoms in total. The second kappa shape index (κ2) is 5.56. The lowest BCUT2D eigenvalue weighted by Crippen LogP contribution is -2.45. The first-order valence-electron chi connectivity index (χ1n) is 7.54. The van der Waals surface area contributed by atoms with E-state index in [0.717, 1.165) is 25.7 Å². The van der Waals surface area contributed by atoms with Crippen molar-refractivity contribution in [2.24, 2.45) is 0 Å². The number of rotatable bonds is 3. The summed E-state index contributed by atoms with van der Waals surface area (Å²) in [6.07, 6.45) is 3.99. The quantitative estimate of drug-likeness (QED) is 0.778. The van der Waals surface area contributed by atoms with Crippen LogP contribution in [0.3, 0.4) is 0 Å². The summed E-state index contributed by atoms with van der Waals surface area (Å²) in [7, 11) is 0. The van der Waals surface area contributed by atoms with Crippen LogP contribution in [0.5, 0.6) is 5.75 Å². The molecule has 23 heavy (non-hydrogen) atoms. The number of hydrogen-bond acceptors (Lipinski definition) is 3. The van der Waals surface area contributed by atoms with E-state index in [2.05, 4.69) is 10.6 Å². The Labute approximate surface area is 144 Å². The van der Waals surface area contributed by atoms with E-state index >= 15 is 0 Å². The van der Waals surface area contributed by atoms with E-state index in [1.807, 2.05) is 0 Å². The lowest BCUT2D eigenvalue weighted by Gasteiger charge is -2.29. The van der Waals surface area contributed by atoms with E-state index in [9.17, 15) is 14.7 Å². The van der Waals surface area contributed by atoms with E-state index in [-0.39, 0.29) is 33.3 Å². The van der Waals surface area contributed by atoms with Gasteiger partial charge in [-0.05, 0) is 44.2 Å². The third-order valence-electron chi connectivity index (χ3n) is 4.93. The maximum atomic E-state index is 12.6. The van der Waals surface area contributed by atoms with E-state index in [4.69, 9.17) is 23.2 Å². The minimum absolute atomic E-state index is 0.0468. The van der Waals surface area contributed by atoms with Crippen LogP contribution >= 0.6 is 23.2 Å². The summed E-state index contributed by atoms with van der Waals surface area (Å²) < 4.78 is 0. The van der Waals surface area contributed by atoms with Crippen LogP contribution in [0.15, 0.2) is 12.1 Å². The van der Waals surface area contributed by atoms with Gasteiger partial charge < -0.3 is 15.7 Å². The summed E-state index contributed by atoms with van der Waals surface area (Å²) >= 11 is 11.8. The van der Waals surface area contributed by atoms with Gasteiger partial charge in [-0.3, -0.25) is 9.59 Å². The van der Waals surface area contributed by atoms with Gasteiger partial charge in [-0.2, -0.15) is 0 Å². The number of carbonyl (C=O) groups is 2. The second-order valence-electron chi connectivity index (χ2n) is 6.66. The average Bonchev–Trinajstić information content (AvgIpc) is 2.96. The van der Waals surface area contributed by atoms with Crippen molar-refractivity contribution in [2.45, 2.75) is 50.1 Å². The van der Waals surface area contributed by atoms with Gasteiger partial charge in [0.15, 0.2) is 0 Å². The first kappa shape index (κ1) is 16.4. The number of fused-ring (bicyclic) bond motifs is 2. The molecule has 0 unspecified atom stereocenters. The Morgan fingerprint density at radius 3 is 2.22 bits per heavy atom. The maximum absolute atomic E-state index is 12.6. The van der Waals surface area contributed by atoms with Crippen LogP contribution in [0.4, 0.5) is 0 Å². The van der Waals surface area contributed by atoms with Crippen molar-refractivity contribution in [3.63, 3.8) is 0 Å². The Kier molecular flexibility index (Phi) is 3.97. The van der Waals surface area contributed by atoms with Crippen LogP contribution in [0.25, 0.3) is 0 Å². The lowest BCUT2D eigenvalue weighted by molar-refractivity contribution is -0.120. The van der Waals surface area contributed by atoms with Crippen LogP contribution in [0.1, 0.15) is 49.4 Å². The monoisotopic (exact) mass is 356 g/mol. The summed E-state index contributed by atoms with van der Waals surface area (Å²) in [4.78, 5) is 23.9. The molecule has 2 amide bonds. The molecule has 2 aliphatic carbocycles. The number of aromatic hydroxyl groups is 1. The van der Waals surface area contributed by atoms with Gasteiger partial charge in [0.05, 0.1) is 10.6 Å². The third-order valence-corrected chi connectivity index (χ3v) is 5.44. The van der Waals surface area contributed by atoms with Gasteiger partial charge in [0, 0.05) is 23.0 Å². The van der Waals surface area contributed by atoms with E-state index in [0.29, 0.717) is 11.4 Å². The normalized spacial score (nSPS) is 28.7. The molecular weight excluding hydrogens is 339 g/mol. The number of carbonyl (C=O) groups excluding carboxylic acids is 2. The van der Waals surface area contributed by atoms with Crippen molar-refractivity contribution < 1.29 is 14.7 Å². The zero-order chi connectivity index (χ0) is 16.8. The number of phenolic OH excluding ortho intramolecular Hbond substituents is 1. The molecular formula is C16H18Cl2N2O3. The molecule has 0 heterocycles. The molecule has 2 saturated carbocycles. The third kappa shape index (κ3) is 3.00. The standard InChI is InChI=1S/C16H18Cl2N2O3/c1-9(21)19-15-2-4-16(8-15,5-3-15)20-14(23)11-6-10(17)7-12(18)13(11)22/h6-7,22H,2-5,8H2,1H3,(H,19,21)(H,20,23). The fourth-order valence-corrected chi connectivity index (χ4v) is 4.46. The molecule has 0 spiro atoms. The second-order valence-corrected chi connectivity index (χ2v) is 7.50. The molecule has 7 heteroatoms. The predicted molar refractivity (Wildman–Crippen MR) is 88.0 cm³/mol. The molecule has 0 saturated heterocycles. The number of halogens is 2. The summed E-state index contributed by atoms with van der Waals surface area (Å²) in [6.45, 7) is 1.51. The highest BCUT2D eigenvalue weighted by Gasteiger charge is 2.55. The van der Waals surface area contributed by atoms with Crippen molar-refractivity contribution in [3.8, 4) is 5.75 Å². The summed E-state index contributed by atoms with van der Waals surface area (Å²) in [6, 6.07) is 2.79. The number of nitrogens with one attached hydrogen (secondary N) is 2. The molecule has 0 aromatic heterocycles. The van der Waals surface area contributed by atoms with E-state index in [1.165, 1.54) is 19.1 Å². The predicted octanol–water partition coefficient (Wildman–Crippen LogP) is 3.02. The number of phenols is 1. The average molecular weight is 357 g/mol. The van der Waals surface area contributed by atoms with Gasteiger partial charge in [-0.1, -0.05) is 23.2 Å². The minimum Gasteiger partial charge on any atom is -0.506 e. The van der Waals surface area contributed by atoms with E-state index < -0.39 is 5.91 Å². The molecule has 0 atom stereocenters. The Bertz CT molecular complexity index is 682. The van der Waals surface area contributed by atoms with Gasteiger partial charge in [0.25, 0.3) is 5.91 Å². The molecule has 2 fully saturated rings. The Morgan fingerprint density at radius 1 is 1.09 bits per heavy atom. The Morgan fingerprint density at radius 2 is 1.65 bits per heavy atom. The first-order valence-corrected chi connectivity index (χ1v) is 8.29. The van der Waals surface area contributed by atoms with Crippen molar-refractivity contribution in [3.05, 3.63) is 27.7 Å². The van der Waals surface area contributed by atoms with Gasteiger partial charge in [-0.15, -0.1) is 0 Å². The Hall–Kier alpha value is -1.46. The van der Waals surface area contributed by atoms with Crippen LogP contribution in [-0.2, 0) is 4.79 Å². The van der Waals surface area contributed by atoms with Crippen LogP contribution in [0.2, 0.25) is 10.0 Å². The molecule has 3 rings (SSSR count). The zero-order valence-corrected chi connectivity index (χ0v) is 14.2. The van der Waals surface area contributed by atoms with Crippen molar-refractivity contribution in [1.29, 1.82) is 0 Å².